The van der Waals surface area contributed by atoms with Crippen molar-refractivity contribution < 1.29 is 4.39 Å². The Kier molecular flexibility index (Phi) is 3.15. The number of nitrogens with one attached hydrogen (secondary N) is 1. The van der Waals surface area contributed by atoms with Crippen LogP contribution in [0.3, 0.4) is 0 Å². The third kappa shape index (κ3) is 2.56. The van der Waals surface area contributed by atoms with Crippen LogP contribution in [0.25, 0.3) is 0 Å². The van der Waals surface area contributed by atoms with Crippen LogP contribution in [0.4, 0.5) is 15.8 Å². The second-order valence-electron chi connectivity index (χ2n) is 6.75. The third-order valence-corrected chi connectivity index (χ3v) is 4.39. The van der Waals surface area contributed by atoms with Gasteiger partial charge >= 0.3 is 0 Å². The van der Waals surface area contributed by atoms with E-state index in [4.69, 9.17) is 0 Å². The smallest absolute Gasteiger partial charge is 0.125 e. The summed E-state index contributed by atoms with van der Waals surface area (Å²) in [7, 11) is 0. The number of halogens is 1. The van der Waals surface area contributed by atoms with Gasteiger partial charge in [-0.2, -0.15) is 0 Å². The predicted molar refractivity (Wildman–Crippen MR) is 78.3 cm³/mol. The van der Waals surface area contributed by atoms with Crippen LogP contribution in [0.15, 0.2) is 18.2 Å². The molecule has 19 heavy (non-hydrogen) atoms. The number of anilines is 2. The summed E-state index contributed by atoms with van der Waals surface area (Å²) >= 11 is 0. The first kappa shape index (κ1) is 12.8. The number of hydrogen-bond acceptors (Lipinski definition) is 2. The van der Waals surface area contributed by atoms with E-state index < -0.39 is 0 Å². The topological polar surface area (TPSA) is 15.3 Å². The summed E-state index contributed by atoms with van der Waals surface area (Å²) in [5.74, 6) is -0.155. The highest BCUT2D eigenvalue weighted by atomic mass is 19.1. The molecule has 0 spiro atoms. The highest BCUT2D eigenvalue weighted by molar-refractivity contribution is 5.71. The molecule has 0 saturated heterocycles. The van der Waals surface area contributed by atoms with Crippen molar-refractivity contribution >= 4 is 11.4 Å². The Balaban J connectivity index is 1.99. The van der Waals surface area contributed by atoms with Crippen LogP contribution < -0.4 is 10.2 Å². The molecule has 3 heteroatoms. The first-order valence-corrected chi connectivity index (χ1v) is 7.35. The molecule has 1 aromatic rings. The van der Waals surface area contributed by atoms with Crippen LogP contribution in [0, 0.1) is 11.2 Å². The molecule has 1 aliphatic carbocycles. The summed E-state index contributed by atoms with van der Waals surface area (Å²) in [4.78, 5) is 2.52. The van der Waals surface area contributed by atoms with Crippen LogP contribution in [-0.4, -0.2) is 19.1 Å². The Hall–Kier alpha value is -1.25. The maximum atomic E-state index is 13.5. The molecule has 0 amide bonds. The maximum absolute atomic E-state index is 13.5. The molecule has 1 N–H and O–H groups in total. The molecule has 0 aromatic heterocycles. The third-order valence-electron chi connectivity index (χ3n) is 4.39. The van der Waals surface area contributed by atoms with E-state index >= 15 is 0 Å². The zero-order chi connectivity index (χ0) is 13.5. The number of hydrogen-bond donors (Lipinski definition) is 1. The standard InChI is InChI=1S/C16H23FN2/c1-16(2)10-18-14-9-12(17)7-8-15(14)19(11-16)13-5-3-4-6-13/h7-9,13,18H,3-6,10-11H2,1-2H3. The largest absolute Gasteiger partial charge is 0.383 e. The highest BCUT2D eigenvalue weighted by Gasteiger charge is 2.32. The average Bonchev–Trinajstić information content (AvgIpc) is 2.84. The molecule has 0 unspecified atom stereocenters. The summed E-state index contributed by atoms with van der Waals surface area (Å²) in [6, 6.07) is 5.79. The van der Waals surface area contributed by atoms with Gasteiger partial charge in [0.05, 0.1) is 11.4 Å². The van der Waals surface area contributed by atoms with Crippen molar-refractivity contribution in [3.05, 3.63) is 24.0 Å². The van der Waals surface area contributed by atoms with Crippen molar-refractivity contribution in [2.45, 2.75) is 45.6 Å². The molecule has 104 valence electrons. The number of nitrogens with zero attached hydrogens (tertiary/aromatic N) is 1. The van der Waals surface area contributed by atoms with Crippen molar-refractivity contribution in [3.63, 3.8) is 0 Å². The second-order valence-corrected chi connectivity index (χ2v) is 6.75. The molecule has 1 heterocycles. The van der Waals surface area contributed by atoms with Gasteiger partial charge in [-0.1, -0.05) is 26.7 Å². The van der Waals surface area contributed by atoms with Crippen LogP contribution in [0.5, 0.6) is 0 Å². The minimum Gasteiger partial charge on any atom is -0.383 e. The first-order valence-electron chi connectivity index (χ1n) is 7.35. The van der Waals surface area contributed by atoms with E-state index in [1.54, 1.807) is 12.1 Å². The normalized spacial score (nSPS) is 22.8. The van der Waals surface area contributed by atoms with E-state index in [0.717, 1.165) is 18.8 Å². The molecular weight excluding hydrogens is 239 g/mol. The van der Waals surface area contributed by atoms with Crippen molar-refractivity contribution in [3.8, 4) is 0 Å². The maximum Gasteiger partial charge on any atom is 0.125 e. The molecule has 1 fully saturated rings. The van der Waals surface area contributed by atoms with Gasteiger partial charge in [-0.05, 0) is 36.5 Å². The molecule has 1 aromatic carbocycles. The molecule has 2 aliphatic rings. The summed E-state index contributed by atoms with van der Waals surface area (Å²) < 4.78 is 13.5. The van der Waals surface area contributed by atoms with Crippen LogP contribution >= 0.6 is 0 Å². The quantitative estimate of drug-likeness (QED) is 0.822. The zero-order valence-electron chi connectivity index (χ0n) is 11.9. The monoisotopic (exact) mass is 262 g/mol. The fourth-order valence-electron chi connectivity index (χ4n) is 3.38. The van der Waals surface area contributed by atoms with E-state index in [0.29, 0.717) is 6.04 Å². The van der Waals surface area contributed by atoms with Crippen LogP contribution in [-0.2, 0) is 0 Å². The fourth-order valence-corrected chi connectivity index (χ4v) is 3.38. The Labute approximate surface area is 115 Å². The van der Waals surface area contributed by atoms with E-state index in [9.17, 15) is 4.39 Å². The van der Waals surface area contributed by atoms with Gasteiger partial charge in [0.15, 0.2) is 0 Å². The number of benzene rings is 1. The van der Waals surface area contributed by atoms with Gasteiger partial charge in [0.25, 0.3) is 0 Å². The minimum absolute atomic E-state index is 0.155. The van der Waals surface area contributed by atoms with Gasteiger partial charge in [0, 0.05) is 19.1 Å². The molecule has 1 aliphatic heterocycles. The number of rotatable bonds is 1. The van der Waals surface area contributed by atoms with Crippen molar-refractivity contribution in [1.29, 1.82) is 0 Å². The van der Waals surface area contributed by atoms with E-state index in [2.05, 4.69) is 24.1 Å². The van der Waals surface area contributed by atoms with Gasteiger partial charge in [-0.3, -0.25) is 0 Å². The van der Waals surface area contributed by atoms with E-state index in [1.165, 1.54) is 31.4 Å². The predicted octanol–water partition coefficient (Wildman–Crippen LogP) is 4.03. The lowest BCUT2D eigenvalue weighted by Gasteiger charge is -2.35. The first-order chi connectivity index (χ1) is 9.05. The van der Waals surface area contributed by atoms with Crippen LogP contribution in [0.1, 0.15) is 39.5 Å². The molecular formula is C16H23FN2. The summed E-state index contributed by atoms with van der Waals surface area (Å²) in [5, 5.41) is 3.43. The summed E-state index contributed by atoms with van der Waals surface area (Å²) in [6.07, 6.45) is 5.19. The summed E-state index contributed by atoms with van der Waals surface area (Å²) in [5.41, 5.74) is 2.34. The Morgan fingerprint density at radius 1 is 1.26 bits per heavy atom. The van der Waals surface area contributed by atoms with Crippen LogP contribution in [0.2, 0.25) is 0 Å². The summed E-state index contributed by atoms with van der Waals surface area (Å²) in [6.45, 7) is 6.50. The molecule has 3 rings (SSSR count). The van der Waals surface area contributed by atoms with Crippen molar-refractivity contribution in [2.24, 2.45) is 5.41 Å². The van der Waals surface area contributed by atoms with Gasteiger partial charge in [0.1, 0.15) is 5.82 Å². The van der Waals surface area contributed by atoms with Gasteiger partial charge < -0.3 is 10.2 Å². The Morgan fingerprint density at radius 2 is 2.00 bits per heavy atom. The lowest BCUT2D eigenvalue weighted by molar-refractivity contribution is 0.378. The zero-order valence-corrected chi connectivity index (χ0v) is 11.9. The SMILES string of the molecule is CC1(C)CNc2cc(F)ccc2N(C2CCCC2)C1. The lowest BCUT2D eigenvalue weighted by Crippen LogP contribution is -2.41. The Morgan fingerprint density at radius 3 is 2.74 bits per heavy atom. The van der Waals surface area contributed by atoms with Crippen molar-refractivity contribution in [1.82, 2.24) is 0 Å². The van der Waals surface area contributed by atoms with E-state index in [1.807, 2.05) is 6.07 Å². The minimum atomic E-state index is -0.155. The van der Waals surface area contributed by atoms with Gasteiger partial charge in [-0.25, -0.2) is 4.39 Å². The Bertz CT molecular complexity index is 464. The highest BCUT2D eigenvalue weighted by Crippen LogP contribution is 2.38. The molecule has 1 saturated carbocycles. The number of fused-ring (bicyclic) bond motifs is 1. The fraction of sp³-hybridized carbons (Fsp3) is 0.625. The molecule has 0 atom stereocenters. The van der Waals surface area contributed by atoms with E-state index in [-0.39, 0.29) is 11.2 Å². The molecule has 2 nitrogen and oxygen atoms in total. The molecule has 0 bridgehead atoms. The van der Waals surface area contributed by atoms with Gasteiger partial charge in [-0.15, -0.1) is 0 Å². The van der Waals surface area contributed by atoms with Crippen molar-refractivity contribution in [2.75, 3.05) is 23.3 Å². The average molecular weight is 262 g/mol. The molecule has 0 radical (unpaired) electrons. The van der Waals surface area contributed by atoms with Gasteiger partial charge in [0.2, 0.25) is 0 Å². The second kappa shape index (κ2) is 4.69. The lowest BCUT2D eigenvalue weighted by atomic mass is 9.92.